The van der Waals surface area contributed by atoms with Crippen molar-refractivity contribution in [3.63, 3.8) is 0 Å². The summed E-state index contributed by atoms with van der Waals surface area (Å²) in [5.41, 5.74) is 2.96. The Kier molecular flexibility index (Phi) is 4.26. The molecule has 2 aromatic rings. The number of hydrogen-bond donors (Lipinski definition) is 2. The Bertz CT molecular complexity index is 565. The summed E-state index contributed by atoms with van der Waals surface area (Å²) < 4.78 is 0. The summed E-state index contributed by atoms with van der Waals surface area (Å²) in [6.45, 7) is 1.94. The second-order valence-corrected chi connectivity index (χ2v) is 4.20. The van der Waals surface area contributed by atoms with Gasteiger partial charge in [0.2, 0.25) is 0 Å². The number of nitrogens with zero attached hydrogens (tertiary/aromatic N) is 1. The molecule has 0 bridgehead atoms. The molecule has 4 heteroatoms. The fraction of sp³-hybridized carbons (Fsp3) is 0.200. The van der Waals surface area contributed by atoms with E-state index < -0.39 is 0 Å². The van der Waals surface area contributed by atoms with Crippen molar-refractivity contribution in [3.05, 3.63) is 59.4 Å². The van der Waals surface area contributed by atoms with Crippen molar-refractivity contribution in [3.8, 4) is 0 Å². The van der Waals surface area contributed by atoms with Crippen LogP contribution in [-0.2, 0) is 13.0 Å². The van der Waals surface area contributed by atoms with E-state index in [4.69, 9.17) is 0 Å². The van der Waals surface area contributed by atoms with Crippen molar-refractivity contribution in [2.75, 3.05) is 5.32 Å². The fourth-order valence-corrected chi connectivity index (χ4v) is 1.76. The zero-order chi connectivity index (χ0) is 13.7. The Morgan fingerprint density at radius 1 is 1.26 bits per heavy atom. The Morgan fingerprint density at radius 2 is 2.00 bits per heavy atom. The van der Waals surface area contributed by atoms with Crippen molar-refractivity contribution >= 4 is 11.6 Å². The molecule has 1 heterocycles. The van der Waals surface area contributed by atoms with Crippen LogP contribution in [0.5, 0.6) is 0 Å². The van der Waals surface area contributed by atoms with Crippen LogP contribution in [0.25, 0.3) is 0 Å². The number of rotatable bonds is 4. The lowest BCUT2D eigenvalue weighted by Crippen LogP contribution is -2.13. The maximum Gasteiger partial charge on any atom is 0.255 e. The first kappa shape index (κ1) is 13.2. The number of benzene rings is 1. The number of aliphatic hydroxyl groups is 1. The highest BCUT2D eigenvalue weighted by Gasteiger charge is 2.08. The molecule has 0 atom stereocenters. The molecule has 19 heavy (non-hydrogen) atoms. The zero-order valence-corrected chi connectivity index (χ0v) is 10.8. The lowest BCUT2D eigenvalue weighted by Gasteiger charge is -2.09. The molecular weight excluding hydrogens is 240 g/mol. The van der Waals surface area contributed by atoms with Gasteiger partial charge >= 0.3 is 0 Å². The van der Waals surface area contributed by atoms with E-state index in [0.717, 1.165) is 6.42 Å². The van der Waals surface area contributed by atoms with Gasteiger partial charge in [0, 0.05) is 17.3 Å². The highest BCUT2D eigenvalue weighted by Crippen LogP contribution is 2.15. The maximum absolute atomic E-state index is 12.1. The van der Waals surface area contributed by atoms with Crippen LogP contribution in [0.3, 0.4) is 0 Å². The van der Waals surface area contributed by atoms with Crippen molar-refractivity contribution in [2.24, 2.45) is 0 Å². The lowest BCUT2D eigenvalue weighted by molar-refractivity contribution is 0.102. The normalized spacial score (nSPS) is 10.2. The predicted octanol–water partition coefficient (Wildman–Crippen LogP) is 2.39. The number of hydrogen-bond acceptors (Lipinski definition) is 3. The molecule has 0 radical (unpaired) electrons. The Balaban J connectivity index is 2.16. The number of aliphatic hydroxyl groups excluding tert-OH is 1. The van der Waals surface area contributed by atoms with Gasteiger partial charge < -0.3 is 10.4 Å². The Hall–Kier alpha value is -2.20. The molecule has 0 saturated carbocycles. The van der Waals surface area contributed by atoms with E-state index in [0.29, 0.717) is 16.8 Å². The number of aryl methyl sites for hydroxylation is 1. The summed E-state index contributed by atoms with van der Waals surface area (Å²) in [6, 6.07) is 9.14. The minimum atomic E-state index is -0.203. The van der Waals surface area contributed by atoms with Gasteiger partial charge in [-0.15, -0.1) is 0 Å². The number of carbonyl (C=O) groups excluding carboxylic acids is 1. The van der Waals surface area contributed by atoms with Crippen molar-refractivity contribution in [2.45, 2.75) is 20.0 Å². The molecule has 98 valence electrons. The topological polar surface area (TPSA) is 62.2 Å². The van der Waals surface area contributed by atoms with E-state index in [1.54, 1.807) is 24.4 Å². The molecule has 0 aliphatic rings. The zero-order valence-electron chi connectivity index (χ0n) is 10.8. The average molecular weight is 256 g/mol. The van der Waals surface area contributed by atoms with E-state index in [1.165, 1.54) is 11.8 Å². The monoisotopic (exact) mass is 256 g/mol. The second-order valence-electron chi connectivity index (χ2n) is 4.20. The number of amides is 1. The molecule has 0 aliphatic carbocycles. The first-order valence-electron chi connectivity index (χ1n) is 6.18. The molecule has 0 unspecified atom stereocenters. The molecule has 1 amide bonds. The molecule has 0 saturated heterocycles. The molecule has 0 fully saturated rings. The summed E-state index contributed by atoms with van der Waals surface area (Å²) in [6.07, 6.45) is 4.06. The third-order valence-electron chi connectivity index (χ3n) is 2.95. The fourth-order valence-electron chi connectivity index (χ4n) is 1.76. The van der Waals surface area contributed by atoms with Crippen molar-refractivity contribution in [1.29, 1.82) is 0 Å². The molecule has 2 rings (SSSR count). The molecule has 1 aromatic carbocycles. The van der Waals surface area contributed by atoms with Crippen LogP contribution in [0.2, 0.25) is 0 Å². The SMILES string of the molecule is CCc1ccc(C(=O)Nc2cnccc2CO)cc1. The number of pyridine rings is 1. The van der Waals surface area contributed by atoms with Crippen LogP contribution >= 0.6 is 0 Å². The van der Waals surface area contributed by atoms with Gasteiger partial charge in [-0.05, 0) is 30.2 Å². The number of anilines is 1. The third-order valence-corrected chi connectivity index (χ3v) is 2.95. The van der Waals surface area contributed by atoms with E-state index in [1.807, 2.05) is 12.1 Å². The van der Waals surface area contributed by atoms with Gasteiger partial charge in [-0.1, -0.05) is 19.1 Å². The summed E-state index contributed by atoms with van der Waals surface area (Å²) in [5, 5.41) is 11.9. The van der Waals surface area contributed by atoms with Crippen LogP contribution in [0.1, 0.15) is 28.4 Å². The van der Waals surface area contributed by atoms with Crippen LogP contribution in [-0.4, -0.2) is 16.0 Å². The number of nitrogens with one attached hydrogen (secondary N) is 1. The molecule has 0 spiro atoms. The summed E-state index contributed by atoms with van der Waals surface area (Å²) >= 11 is 0. The van der Waals surface area contributed by atoms with Gasteiger partial charge in [0.1, 0.15) is 0 Å². The second kappa shape index (κ2) is 6.11. The Morgan fingerprint density at radius 3 is 2.63 bits per heavy atom. The molecule has 0 aliphatic heterocycles. The molecule has 4 nitrogen and oxygen atoms in total. The summed E-state index contributed by atoms with van der Waals surface area (Å²) in [4.78, 5) is 16.0. The summed E-state index contributed by atoms with van der Waals surface area (Å²) in [5.74, 6) is -0.203. The smallest absolute Gasteiger partial charge is 0.255 e. The number of carbonyl (C=O) groups is 1. The lowest BCUT2D eigenvalue weighted by atomic mass is 10.1. The van der Waals surface area contributed by atoms with Crippen LogP contribution in [0.15, 0.2) is 42.7 Å². The van der Waals surface area contributed by atoms with Gasteiger partial charge in [0.15, 0.2) is 0 Å². The largest absolute Gasteiger partial charge is 0.392 e. The third kappa shape index (κ3) is 3.17. The first-order chi connectivity index (χ1) is 9.24. The molecule has 1 aromatic heterocycles. The minimum Gasteiger partial charge on any atom is -0.392 e. The van der Waals surface area contributed by atoms with Gasteiger partial charge in [0.05, 0.1) is 18.5 Å². The molecule has 2 N–H and O–H groups in total. The van der Waals surface area contributed by atoms with Crippen molar-refractivity contribution < 1.29 is 9.90 Å². The van der Waals surface area contributed by atoms with Crippen molar-refractivity contribution in [1.82, 2.24) is 4.98 Å². The number of aromatic nitrogens is 1. The Labute approximate surface area is 112 Å². The van der Waals surface area contributed by atoms with Gasteiger partial charge in [0.25, 0.3) is 5.91 Å². The van der Waals surface area contributed by atoms with E-state index in [2.05, 4.69) is 17.2 Å². The van der Waals surface area contributed by atoms with Gasteiger partial charge in [-0.3, -0.25) is 9.78 Å². The average Bonchev–Trinajstić information content (AvgIpc) is 2.48. The van der Waals surface area contributed by atoms with Gasteiger partial charge in [-0.2, -0.15) is 0 Å². The van der Waals surface area contributed by atoms with E-state index >= 15 is 0 Å². The predicted molar refractivity (Wildman–Crippen MR) is 73.9 cm³/mol. The maximum atomic E-state index is 12.1. The first-order valence-corrected chi connectivity index (χ1v) is 6.18. The molecular formula is C15H16N2O2. The minimum absolute atomic E-state index is 0.132. The van der Waals surface area contributed by atoms with E-state index in [-0.39, 0.29) is 12.5 Å². The van der Waals surface area contributed by atoms with Crippen LogP contribution in [0, 0.1) is 0 Å². The van der Waals surface area contributed by atoms with Gasteiger partial charge in [-0.25, -0.2) is 0 Å². The standard InChI is InChI=1S/C15H16N2O2/c1-2-11-3-5-12(6-4-11)15(19)17-14-9-16-8-7-13(14)10-18/h3-9,18H,2,10H2,1H3,(H,17,19). The highest BCUT2D eigenvalue weighted by atomic mass is 16.3. The quantitative estimate of drug-likeness (QED) is 0.883. The van der Waals surface area contributed by atoms with E-state index in [9.17, 15) is 9.90 Å². The summed E-state index contributed by atoms with van der Waals surface area (Å²) in [7, 11) is 0. The van der Waals surface area contributed by atoms with Crippen LogP contribution < -0.4 is 5.32 Å². The van der Waals surface area contributed by atoms with Crippen LogP contribution in [0.4, 0.5) is 5.69 Å². The highest BCUT2D eigenvalue weighted by molar-refractivity contribution is 6.04.